The van der Waals surface area contributed by atoms with Gasteiger partial charge in [-0.15, -0.1) is 11.3 Å². The van der Waals surface area contributed by atoms with E-state index in [4.69, 9.17) is 16.1 Å². The standard InChI is InChI=1S/C18H13ClN4O2S/c1-10-21-17(23-25-10)11-3-2-4-12(7-11)22-18(24)14-9-20-8-13(14)15-5-6-16(19)26-15/h2-9,20H,1H3,(H,22,24). The van der Waals surface area contributed by atoms with Gasteiger partial charge in [0.15, 0.2) is 0 Å². The van der Waals surface area contributed by atoms with E-state index in [0.29, 0.717) is 27.3 Å². The number of carbonyl (C=O) groups is 1. The summed E-state index contributed by atoms with van der Waals surface area (Å²) in [5.74, 6) is 0.752. The molecule has 4 rings (SSSR count). The first-order chi connectivity index (χ1) is 12.6. The van der Waals surface area contributed by atoms with Gasteiger partial charge in [0.25, 0.3) is 5.91 Å². The monoisotopic (exact) mass is 384 g/mol. The number of aromatic amines is 1. The van der Waals surface area contributed by atoms with Gasteiger partial charge in [0, 0.05) is 41.0 Å². The number of amides is 1. The highest BCUT2D eigenvalue weighted by Gasteiger charge is 2.16. The first kappa shape index (κ1) is 16.6. The molecule has 0 unspecified atom stereocenters. The minimum atomic E-state index is -0.216. The predicted molar refractivity (Wildman–Crippen MR) is 102 cm³/mol. The van der Waals surface area contributed by atoms with Gasteiger partial charge < -0.3 is 14.8 Å². The van der Waals surface area contributed by atoms with Crippen LogP contribution in [-0.2, 0) is 0 Å². The van der Waals surface area contributed by atoms with Gasteiger partial charge in [-0.05, 0) is 24.3 Å². The molecule has 8 heteroatoms. The third kappa shape index (κ3) is 3.26. The minimum Gasteiger partial charge on any atom is -0.366 e. The Morgan fingerprint density at radius 3 is 2.88 bits per heavy atom. The Labute approximate surface area is 157 Å². The van der Waals surface area contributed by atoms with E-state index < -0.39 is 0 Å². The first-order valence-corrected chi connectivity index (χ1v) is 8.94. The maximum absolute atomic E-state index is 12.7. The Kier molecular flexibility index (Phi) is 4.32. The summed E-state index contributed by atoms with van der Waals surface area (Å²) in [4.78, 5) is 20.8. The molecule has 1 aromatic carbocycles. The van der Waals surface area contributed by atoms with E-state index in [0.717, 1.165) is 16.0 Å². The van der Waals surface area contributed by atoms with Gasteiger partial charge in [0.1, 0.15) is 0 Å². The normalized spacial score (nSPS) is 10.8. The minimum absolute atomic E-state index is 0.216. The first-order valence-electron chi connectivity index (χ1n) is 7.75. The number of H-pyrrole nitrogens is 1. The number of aromatic nitrogens is 3. The Balaban J connectivity index is 1.59. The van der Waals surface area contributed by atoms with Crippen LogP contribution in [0.1, 0.15) is 16.2 Å². The lowest BCUT2D eigenvalue weighted by molar-refractivity contribution is 0.102. The second kappa shape index (κ2) is 6.78. The zero-order valence-corrected chi connectivity index (χ0v) is 15.2. The fourth-order valence-electron chi connectivity index (χ4n) is 2.57. The van der Waals surface area contributed by atoms with E-state index in [1.54, 1.807) is 25.4 Å². The van der Waals surface area contributed by atoms with Crippen molar-refractivity contribution < 1.29 is 9.32 Å². The Morgan fingerprint density at radius 1 is 1.27 bits per heavy atom. The molecule has 0 fully saturated rings. The number of carbonyl (C=O) groups excluding carboxylic acids is 1. The lowest BCUT2D eigenvalue weighted by Gasteiger charge is -2.06. The Morgan fingerprint density at radius 2 is 2.15 bits per heavy atom. The molecule has 0 saturated carbocycles. The molecule has 0 atom stereocenters. The van der Waals surface area contributed by atoms with Gasteiger partial charge in [-0.2, -0.15) is 4.98 Å². The number of rotatable bonds is 4. The zero-order valence-electron chi connectivity index (χ0n) is 13.6. The van der Waals surface area contributed by atoms with Crippen LogP contribution in [-0.4, -0.2) is 21.0 Å². The van der Waals surface area contributed by atoms with Crippen molar-refractivity contribution in [2.45, 2.75) is 6.92 Å². The molecule has 0 bridgehead atoms. The van der Waals surface area contributed by atoms with Crippen molar-refractivity contribution in [3.05, 3.63) is 64.6 Å². The van der Waals surface area contributed by atoms with Crippen molar-refractivity contribution in [1.82, 2.24) is 15.1 Å². The molecule has 130 valence electrons. The van der Waals surface area contributed by atoms with Crippen molar-refractivity contribution in [2.75, 3.05) is 5.32 Å². The molecule has 4 aromatic rings. The quantitative estimate of drug-likeness (QED) is 0.518. The summed E-state index contributed by atoms with van der Waals surface area (Å²) in [5.41, 5.74) is 2.76. The molecule has 0 saturated heterocycles. The summed E-state index contributed by atoms with van der Waals surface area (Å²) in [7, 11) is 0. The van der Waals surface area contributed by atoms with Gasteiger partial charge in [-0.25, -0.2) is 0 Å². The van der Waals surface area contributed by atoms with Crippen LogP contribution in [0.4, 0.5) is 5.69 Å². The number of anilines is 1. The number of hydrogen-bond acceptors (Lipinski definition) is 5. The predicted octanol–water partition coefficient (Wildman–Crippen LogP) is 5.01. The maximum Gasteiger partial charge on any atom is 0.257 e. The van der Waals surface area contributed by atoms with E-state index in [-0.39, 0.29) is 5.91 Å². The highest BCUT2D eigenvalue weighted by Crippen LogP contribution is 2.33. The number of aryl methyl sites for hydroxylation is 1. The number of nitrogens with zero attached hydrogens (tertiary/aromatic N) is 2. The molecule has 0 aliphatic carbocycles. The van der Waals surface area contributed by atoms with Crippen molar-refractivity contribution in [3.8, 4) is 21.8 Å². The molecule has 0 aliphatic rings. The van der Waals surface area contributed by atoms with E-state index in [1.807, 2.05) is 30.3 Å². The molecule has 26 heavy (non-hydrogen) atoms. The fraction of sp³-hybridized carbons (Fsp3) is 0.0556. The molecule has 2 N–H and O–H groups in total. The van der Waals surface area contributed by atoms with Crippen LogP contribution >= 0.6 is 22.9 Å². The SMILES string of the molecule is Cc1nc(-c2cccc(NC(=O)c3c[nH]cc3-c3ccc(Cl)s3)c2)no1. The summed E-state index contributed by atoms with van der Waals surface area (Å²) < 4.78 is 5.68. The molecule has 3 aromatic heterocycles. The number of hydrogen-bond donors (Lipinski definition) is 2. The van der Waals surface area contributed by atoms with E-state index in [1.165, 1.54) is 11.3 Å². The van der Waals surface area contributed by atoms with Gasteiger partial charge in [0.05, 0.1) is 9.90 Å². The second-order valence-corrected chi connectivity index (χ2v) is 7.27. The van der Waals surface area contributed by atoms with E-state index in [2.05, 4.69) is 20.4 Å². The highest BCUT2D eigenvalue weighted by atomic mass is 35.5. The molecule has 0 aliphatic heterocycles. The molecule has 0 radical (unpaired) electrons. The van der Waals surface area contributed by atoms with Crippen LogP contribution in [0, 0.1) is 6.92 Å². The average Bonchev–Trinajstić information content (AvgIpc) is 3.35. The third-order valence-corrected chi connectivity index (χ3v) is 5.00. The summed E-state index contributed by atoms with van der Waals surface area (Å²) in [6.07, 6.45) is 3.46. The summed E-state index contributed by atoms with van der Waals surface area (Å²) in [6, 6.07) is 11.0. The van der Waals surface area contributed by atoms with Gasteiger partial charge >= 0.3 is 0 Å². The van der Waals surface area contributed by atoms with Gasteiger partial charge in [-0.1, -0.05) is 28.9 Å². The van der Waals surface area contributed by atoms with Crippen LogP contribution in [0.2, 0.25) is 4.34 Å². The topological polar surface area (TPSA) is 83.8 Å². The zero-order chi connectivity index (χ0) is 18.1. The lowest BCUT2D eigenvalue weighted by Crippen LogP contribution is -2.11. The fourth-order valence-corrected chi connectivity index (χ4v) is 3.64. The average molecular weight is 385 g/mol. The second-order valence-electron chi connectivity index (χ2n) is 5.56. The third-order valence-electron chi connectivity index (χ3n) is 3.74. The van der Waals surface area contributed by atoms with Crippen molar-refractivity contribution in [2.24, 2.45) is 0 Å². The van der Waals surface area contributed by atoms with Crippen LogP contribution in [0.5, 0.6) is 0 Å². The van der Waals surface area contributed by atoms with Gasteiger partial charge in [-0.3, -0.25) is 4.79 Å². The molecular weight excluding hydrogens is 372 g/mol. The van der Waals surface area contributed by atoms with Crippen LogP contribution in [0.3, 0.4) is 0 Å². The van der Waals surface area contributed by atoms with Crippen LogP contribution in [0.25, 0.3) is 21.8 Å². The summed E-state index contributed by atoms with van der Waals surface area (Å²) in [5, 5.41) is 6.80. The molecule has 3 heterocycles. The molecule has 6 nitrogen and oxygen atoms in total. The van der Waals surface area contributed by atoms with E-state index >= 15 is 0 Å². The van der Waals surface area contributed by atoms with Gasteiger partial charge in [0.2, 0.25) is 11.7 Å². The number of benzene rings is 1. The van der Waals surface area contributed by atoms with Crippen molar-refractivity contribution >= 4 is 34.5 Å². The summed E-state index contributed by atoms with van der Waals surface area (Å²) in [6.45, 7) is 1.73. The Bertz CT molecular complexity index is 1080. The largest absolute Gasteiger partial charge is 0.366 e. The number of thiophene rings is 1. The highest BCUT2D eigenvalue weighted by molar-refractivity contribution is 7.19. The summed E-state index contributed by atoms with van der Waals surface area (Å²) >= 11 is 7.43. The molecule has 0 spiro atoms. The van der Waals surface area contributed by atoms with Crippen molar-refractivity contribution in [1.29, 1.82) is 0 Å². The molecule has 1 amide bonds. The van der Waals surface area contributed by atoms with E-state index in [9.17, 15) is 4.79 Å². The lowest BCUT2D eigenvalue weighted by atomic mass is 10.1. The van der Waals surface area contributed by atoms with Crippen LogP contribution < -0.4 is 5.32 Å². The van der Waals surface area contributed by atoms with Crippen molar-refractivity contribution in [3.63, 3.8) is 0 Å². The maximum atomic E-state index is 12.7. The number of nitrogens with one attached hydrogen (secondary N) is 2. The number of halogens is 1. The smallest absolute Gasteiger partial charge is 0.257 e. The Hall–Kier alpha value is -2.90. The van der Waals surface area contributed by atoms with Crippen LogP contribution in [0.15, 0.2) is 53.3 Å². The molecular formula is C18H13ClN4O2S.